The summed E-state index contributed by atoms with van der Waals surface area (Å²) in [6, 6.07) is 2.82. The lowest BCUT2D eigenvalue weighted by Crippen LogP contribution is -2.37. The summed E-state index contributed by atoms with van der Waals surface area (Å²) >= 11 is 0. The molecule has 3 rings (SSSR count). The minimum Gasteiger partial charge on any atom is -0.392 e. The molecule has 1 unspecified atom stereocenters. The van der Waals surface area contributed by atoms with E-state index in [9.17, 15) is 5.11 Å². The van der Waals surface area contributed by atoms with E-state index in [0.717, 1.165) is 24.3 Å². The number of nitrogens with zero attached hydrogens (tertiary/aromatic N) is 3. The average molecular weight is 261 g/mol. The topological polar surface area (TPSA) is 39.6 Å². The Bertz CT molecular complexity index is 449. The maximum absolute atomic E-state index is 9.52. The van der Waals surface area contributed by atoms with Gasteiger partial charge in [-0.3, -0.25) is 9.88 Å². The zero-order valence-electron chi connectivity index (χ0n) is 11.7. The van der Waals surface area contributed by atoms with E-state index in [1.807, 2.05) is 13.1 Å². The van der Waals surface area contributed by atoms with Crippen LogP contribution < -0.4 is 4.90 Å². The molecule has 2 saturated heterocycles. The molecule has 4 nitrogen and oxygen atoms in total. The van der Waals surface area contributed by atoms with E-state index in [1.165, 1.54) is 38.0 Å². The summed E-state index contributed by atoms with van der Waals surface area (Å²) in [5, 5.41) is 9.52. The van der Waals surface area contributed by atoms with Gasteiger partial charge >= 0.3 is 0 Å². The zero-order chi connectivity index (χ0) is 13.2. The average Bonchev–Trinajstić information content (AvgIpc) is 2.76. The zero-order valence-corrected chi connectivity index (χ0v) is 11.7. The van der Waals surface area contributed by atoms with Gasteiger partial charge in [0.2, 0.25) is 0 Å². The van der Waals surface area contributed by atoms with Crippen molar-refractivity contribution in [3.63, 3.8) is 0 Å². The molecule has 0 amide bonds. The normalized spacial score (nSPS) is 24.3. The van der Waals surface area contributed by atoms with E-state index in [-0.39, 0.29) is 6.61 Å². The van der Waals surface area contributed by atoms with Crippen molar-refractivity contribution in [2.24, 2.45) is 0 Å². The Hall–Kier alpha value is -1.13. The first-order valence-corrected chi connectivity index (χ1v) is 7.33. The number of anilines is 1. The summed E-state index contributed by atoms with van der Waals surface area (Å²) in [5.41, 5.74) is 3.17. The second-order valence-corrected chi connectivity index (χ2v) is 5.74. The molecule has 2 fully saturated rings. The van der Waals surface area contributed by atoms with Gasteiger partial charge in [-0.25, -0.2) is 0 Å². The molecule has 19 heavy (non-hydrogen) atoms. The van der Waals surface area contributed by atoms with Crippen molar-refractivity contribution >= 4 is 5.69 Å². The SMILES string of the molecule is Cc1cc(N2CCCN3CCCC3C2)c(CO)cn1. The smallest absolute Gasteiger partial charge is 0.0717 e. The molecule has 2 aliphatic heterocycles. The Balaban J connectivity index is 1.86. The highest BCUT2D eigenvalue weighted by atomic mass is 16.3. The Kier molecular flexibility index (Phi) is 3.71. The van der Waals surface area contributed by atoms with Crippen molar-refractivity contribution in [1.82, 2.24) is 9.88 Å². The summed E-state index contributed by atoms with van der Waals surface area (Å²) in [4.78, 5) is 9.38. The minimum atomic E-state index is 0.0769. The van der Waals surface area contributed by atoms with Crippen LogP contribution in [0.3, 0.4) is 0 Å². The molecule has 0 bridgehead atoms. The number of hydrogen-bond acceptors (Lipinski definition) is 4. The van der Waals surface area contributed by atoms with E-state index in [2.05, 4.69) is 20.9 Å². The third-order valence-corrected chi connectivity index (χ3v) is 4.41. The Morgan fingerprint density at radius 3 is 3.00 bits per heavy atom. The molecule has 1 aromatic rings. The third-order valence-electron chi connectivity index (χ3n) is 4.41. The fourth-order valence-corrected chi connectivity index (χ4v) is 3.42. The lowest BCUT2D eigenvalue weighted by molar-refractivity contribution is 0.272. The molecule has 0 spiro atoms. The van der Waals surface area contributed by atoms with E-state index in [0.29, 0.717) is 6.04 Å². The van der Waals surface area contributed by atoms with Crippen LogP contribution in [0, 0.1) is 6.92 Å². The third kappa shape index (κ3) is 2.60. The first-order valence-electron chi connectivity index (χ1n) is 7.33. The van der Waals surface area contributed by atoms with Gasteiger partial charge in [-0.2, -0.15) is 0 Å². The van der Waals surface area contributed by atoms with Crippen LogP contribution in [0.25, 0.3) is 0 Å². The maximum Gasteiger partial charge on any atom is 0.0717 e. The monoisotopic (exact) mass is 261 g/mol. The van der Waals surface area contributed by atoms with Crippen LogP contribution in [0.4, 0.5) is 5.69 Å². The highest BCUT2D eigenvalue weighted by Gasteiger charge is 2.29. The molecule has 1 aromatic heterocycles. The van der Waals surface area contributed by atoms with Crippen molar-refractivity contribution in [2.75, 3.05) is 31.1 Å². The molecule has 0 aliphatic carbocycles. The Morgan fingerprint density at radius 1 is 1.32 bits per heavy atom. The number of pyridine rings is 1. The molecule has 0 radical (unpaired) electrons. The van der Waals surface area contributed by atoms with Gasteiger partial charge in [0.1, 0.15) is 0 Å². The number of aliphatic hydroxyl groups excluding tert-OH is 1. The van der Waals surface area contributed by atoms with Crippen molar-refractivity contribution in [2.45, 2.75) is 38.8 Å². The quantitative estimate of drug-likeness (QED) is 0.877. The highest BCUT2D eigenvalue weighted by Crippen LogP contribution is 2.27. The molecule has 1 atom stereocenters. The molecule has 0 aromatic carbocycles. The fourth-order valence-electron chi connectivity index (χ4n) is 3.42. The summed E-state index contributed by atoms with van der Waals surface area (Å²) in [6.07, 6.45) is 5.68. The number of rotatable bonds is 2. The van der Waals surface area contributed by atoms with Gasteiger partial charge < -0.3 is 10.0 Å². The summed E-state index contributed by atoms with van der Waals surface area (Å²) in [6.45, 7) is 6.76. The van der Waals surface area contributed by atoms with Crippen LogP contribution >= 0.6 is 0 Å². The maximum atomic E-state index is 9.52. The lowest BCUT2D eigenvalue weighted by Gasteiger charge is -2.28. The minimum absolute atomic E-state index is 0.0769. The van der Waals surface area contributed by atoms with Gasteiger partial charge in [0.15, 0.2) is 0 Å². The number of fused-ring (bicyclic) bond motifs is 1. The number of aryl methyl sites for hydroxylation is 1. The molecule has 4 heteroatoms. The van der Waals surface area contributed by atoms with Crippen molar-refractivity contribution in [3.05, 3.63) is 23.5 Å². The number of hydrogen-bond donors (Lipinski definition) is 1. The van der Waals surface area contributed by atoms with Gasteiger partial charge in [-0.05, 0) is 38.8 Å². The van der Waals surface area contributed by atoms with Gasteiger partial charge in [0.25, 0.3) is 0 Å². The molecular formula is C15H23N3O. The largest absolute Gasteiger partial charge is 0.392 e. The Labute approximate surface area is 115 Å². The second-order valence-electron chi connectivity index (χ2n) is 5.74. The first kappa shape index (κ1) is 12.9. The van der Waals surface area contributed by atoms with Crippen LogP contribution in [0.1, 0.15) is 30.5 Å². The van der Waals surface area contributed by atoms with E-state index >= 15 is 0 Å². The summed E-state index contributed by atoms with van der Waals surface area (Å²) in [5.74, 6) is 0. The number of aliphatic hydroxyl groups is 1. The first-order chi connectivity index (χ1) is 9.28. The summed E-state index contributed by atoms with van der Waals surface area (Å²) in [7, 11) is 0. The Morgan fingerprint density at radius 2 is 2.16 bits per heavy atom. The fraction of sp³-hybridized carbons (Fsp3) is 0.667. The predicted molar refractivity (Wildman–Crippen MR) is 76.3 cm³/mol. The van der Waals surface area contributed by atoms with E-state index in [4.69, 9.17) is 0 Å². The van der Waals surface area contributed by atoms with Gasteiger partial charge in [-0.1, -0.05) is 0 Å². The molecular weight excluding hydrogens is 238 g/mol. The van der Waals surface area contributed by atoms with Crippen molar-refractivity contribution in [3.8, 4) is 0 Å². The van der Waals surface area contributed by atoms with Crippen LogP contribution in [0.15, 0.2) is 12.3 Å². The van der Waals surface area contributed by atoms with Gasteiger partial charge in [0, 0.05) is 48.8 Å². The molecule has 2 aliphatic rings. The van der Waals surface area contributed by atoms with Crippen LogP contribution in [-0.4, -0.2) is 47.2 Å². The van der Waals surface area contributed by atoms with Crippen LogP contribution in [0.2, 0.25) is 0 Å². The van der Waals surface area contributed by atoms with Crippen molar-refractivity contribution < 1.29 is 5.11 Å². The summed E-state index contributed by atoms with van der Waals surface area (Å²) < 4.78 is 0. The molecule has 0 saturated carbocycles. The second kappa shape index (κ2) is 5.47. The molecule has 104 valence electrons. The van der Waals surface area contributed by atoms with Crippen molar-refractivity contribution in [1.29, 1.82) is 0 Å². The van der Waals surface area contributed by atoms with Gasteiger partial charge in [-0.15, -0.1) is 0 Å². The highest BCUT2D eigenvalue weighted by molar-refractivity contribution is 5.53. The number of aromatic nitrogens is 1. The lowest BCUT2D eigenvalue weighted by atomic mass is 10.1. The van der Waals surface area contributed by atoms with Gasteiger partial charge in [0.05, 0.1) is 6.61 Å². The van der Waals surface area contributed by atoms with Crippen LogP contribution in [0.5, 0.6) is 0 Å². The van der Waals surface area contributed by atoms with E-state index in [1.54, 1.807) is 0 Å². The molecule has 3 heterocycles. The molecule has 1 N–H and O–H groups in total. The van der Waals surface area contributed by atoms with E-state index < -0.39 is 0 Å². The predicted octanol–water partition coefficient (Wildman–Crippen LogP) is 1.56. The standard InChI is InChI=1S/C15H23N3O/c1-12-8-15(13(11-19)9-16-12)18-7-3-6-17-5-2-4-14(17)10-18/h8-9,14,19H,2-7,10-11H2,1H3. The van der Waals surface area contributed by atoms with Crippen LogP contribution in [-0.2, 0) is 6.61 Å².